The molecular weight excluding hydrogens is 186 g/mol. The number of hydrogen-bond donors (Lipinski definition) is 1. The van der Waals surface area contributed by atoms with Crippen LogP contribution in [0, 0.1) is 27.7 Å². The Bertz CT molecular complexity index is 523. The molecule has 2 heteroatoms. The van der Waals surface area contributed by atoms with Crippen LogP contribution in [0.1, 0.15) is 28.0 Å². The van der Waals surface area contributed by atoms with E-state index < -0.39 is 0 Å². The van der Waals surface area contributed by atoms with Crippen molar-refractivity contribution in [2.24, 2.45) is 5.73 Å². The quantitative estimate of drug-likeness (QED) is 0.773. The minimum Gasteiger partial charge on any atom is -0.459 e. The lowest BCUT2D eigenvalue weighted by Gasteiger charge is -2.03. The maximum absolute atomic E-state index is 5.82. The first-order chi connectivity index (χ1) is 7.06. The van der Waals surface area contributed by atoms with Gasteiger partial charge in [-0.1, -0.05) is 6.07 Å². The average Bonchev–Trinajstić information content (AvgIpc) is 2.53. The van der Waals surface area contributed by atoms with Crippen molar-refractivity contribution in [2.75, 3.05) is 0 Å². The predicted molar refractivity (Wildman–Crippen MR) is 63.1 cm³/mol. The predicted octanol–water partition coefficient (Wildman–Crippen LogP) is 3.13. The van der Waals surface area contributed by atoms with Crippen molar-refractivity contribution in [3.05, 3.63) is 34.1 Å². The number of aryl methyl sites for hydroxylation is 4. The first kappa shape index (κ1) is 10.2. The van der Waals surface area contributed by atoms with Crippen LogP contribution in [0.15, 0.2) is 10.5 Å². The second-order valence-electron chi connectivity index (χ2n) is 4.19. The zero-order valence-corrected chi connectivity index (χ0v) is 9.77. The van der Waals surface area contributed by atoms with Gasteiger partial charge < -0.3 is 10.2 Å². The fraction of sp³-hybridized carbons (Fsp3) is 0.385. The molecule has 1 heterocycles. The molecule has 1 aromatic heterocycles. The Kier molecular flexibility index (Phi) is 2.31. The van der Waals surface area contributed by atoms with Gasteiger partial charge in [0.05, 0.1) is 6.54 Å². The van der Waals surface area contributed by atoms with E-state index in [2.05, 4.69) is 33.8 Å². The molecule has 0 bridgehead atoms. The Balaban J connectivity index is 2.93. The lowest BCUT2D eigenvalue weighted by atomic mass is 10.00. The van der Waals surface area contributed by atoms with Gasteiger partial charge in [0.1, 0.15) is 11.3 Å². The van der Waals surface area contributed by atoms with Crippen molar-refractivity contribution in [3.63, 3.8) is 0 Å². The molecule has 2 N–H and O–H groups in total. The van der Waals surface area contributed by atoms with E-state index in [1.165, 1.54) is 27.6 Å². The van der Waals surface area contributed by atoms with Gasteiger partial charge in [0.15, 0.2) is 0 Å². The number of furan rings is 1. The molecule has 1 aromatic carbocycles. The van der Waals surface area contributed by atoms with Gasteiger partial charge in [0.2, 0.25) is 0 Å². The molecule has 80 valence electrons. The molecule has 0 radical (unpaired) electrons. The van der Waals surface area contributed by atoms with Crippen molar-refractivity contribution in [1.29, 1.82) is 0 Å². The van der Waals surface area contributed by atoms with Crippen molar-refractivity contribution < 1.29 is 4.42 Å². The topological polar surface area (TPSA) is 39.2 Å². The van der Waals surface area contributed by atoms with Crippen LogP contribution in [0.25, 0.3) is 11.0 Å². The van der Waals surface area contributed by atoms with Crippen molar-refractivity contribution in [3.8, 4) is 0 Å². The summed E-state index contributed by atoms with van der Waals surface area (Å²) in [6.07, 6.45) is 0. The van der Waals surface area contributed by atoms with E-state index in [1.807, 2.05) is 0 Å². The van der Waals surface area contributed by atoms with Crippen LogP contribution < -0.4 is 5.73 Å². The molecule has 0 unspecified atom stereocenters. The molecule has 15 heavy (non-hydrogen) atoms. The van der Waals surface area contributed by atoms with E-state index in [1.54, 1.807) is 0 Å². The van der Waals surface area contributed by atoms with Crippen LogP contribution >= 0.6 is 0 Å². The van der Waals surface area contributed by atoms with E-state index in [9.17, 15) is 0 Å². The van der Waals surface area contributed by atoms with E-state index in [-0.39, 0.29) is 0 Å². The summed E-state index contributed by atoms with van der Waals surface area (Å²) in [5.74, 6) is 0.904. The lowest BCUT2D eigenvalue weighted by molar-refractivity contribution is 0.546. The highest BCUT2D eigenvalue weighted by atomic mass is 16.3. The normalized spacial score (nSPS) is 11.3. The van der Waals surface area contributed by atoms with Crippen LogP contribution in [0.4, 0.5) is 0 Å². The standard InChI is InChI=1S/C13H17NO/c1-7-5-8(2)12-10(4)11(6-14)15-13(12)9(7)3/h5H,6,14H2,1-4H3. The van der Waals surface area contributed by atoms with Gasteiger partial charge in [-0.15, -0.1) is 0 Å². The Labute approximate surface area is 90.1 Å². The zero-order chi connectivity index (χ0) is 11.2. The summed E-state index contributed by atoms with van der Waals surface area (Å²) in [6, 6.07) is 2.21. The smallest absolute Gasteiger partial charge is 0.138 e. The highest BCUT2D eigenvalue weighted by molar-refractivity contribution is 5.88. The molecule has 0 saturated heterocycles. The molecule has 0 fully saturated rings. The van der Waals surface area contributed by atoms with Gasteiger partial charge in [0, 0.05) is 5.39 Å². The molecule has 0 aliphatic rings. The molecule has 0 atom stereocenters. The Morgan fingerprint density at radius 2 is 1.73 bits per heavy atom. The summed E-state index contributed by atoms with van der Waals surface area (Å²) < 4.78 is 5.82. The maximum Gasteiger partial charge on any atom is 0.138 e. The second-order valence-corrected chi connectivity index (χ2v) is 4.19. The average molecular weight is 203 g/mol. The van der Waals surface area contributed by atoms with Crippen molar-refractivity contribution >= 4 is 11.0 Å². The van der Waals surface area contributed by atoms with Gasteiger partial charge in [-0.05, 0) is 49.9 Å². The molecule has 0 saturated carbocycles. The van der Waals surface area contributed by atoms with Crippen LogP contribution in [-0.2, 0) is 6.54 Å². The summed E-state index contributed by atoms with van der Waals surface area (Å²) in [4.78, 5) is 0. The first-order valence-electron chi connectivity index (χ1n) is 5.25. The van der Waals surface area contributed by atoms with Gasteiger partial charge in [-0.25, -0.2) is 0 Å². The summed E-state index contributed by atoms with van der Waals surface area (Å²) in [6.45, 7) is 8.88. The van der Waals surface area contributed by atoms with E-state index in [0.29, 0.717) is 6.54 Å². The Morgan fingerprint density at radius 3 is 2.33 bits per heavy atom. The highest BCUT2D eigenvalue weighted by Crippen LogP contribution is 2.32. The molecular formula is C13H17NO. The van der Waals surface area contributed by atoms with Crippen LogP contribution in [0.2, 0.25) is 0 Å². The Morgan fingerprint density at radius 1 is 1.07 bits per heavy atom. The molecule has 2 nitrogen and oxygen atoms in total. The third kappa shape index (κ3) is 1.37. The molecule has 0 aliphatic carbocycles. The lowest BCUT2D eigenvalue weighted by Crippen LogP contribution is -1.95. The highest BCUT2D eigenvalue weighted by Gasteiger charge is 2.14. The minimum atomic E-state index is 0.471. The van der Waals surface area contributed by atoms with Crippen LogP contribution in [0.5, 0.6) is 0 Å². The molecule has 2 rings (SSSR count). The fourth-order valence-electron chi connectivity index (χ4n) is 2.18. The van der Waals surface area contributed by atoms with Crippen molar-refractivity contribution in [1.82, 2.24) is 0 Å². The third-order valence-electron chi connectivity index (χ3n) is 3.19. The number of benzene rings is 1. The monoisotopic (exact) mass is 203 g/mol. The summed E-state index contributed by atoms with van der Waals surface area (Å²) >= 11 is 0. The summed E-state index contributed by atoms with van der Waals surface area (Å²) in [5.41, 5.74) is 11.6. The molecule has 0 aliphatic heterocycles. The number of hydrogen-bond acceptors (Lipinski definition) is 2. The second kappa shape index (κ2) is 3.38. The van der Waals surface area contributed by atoms with Gasteiger partial charge in [-0.3, -0.25) is 0 Å². The van der Waals surface area contributed by atoms with Crippen LogP contribution in [0.3, 0.4) is 0 Å². The van der Waals surface area contributed by atoms with Gasteiger partial charge >= 0.3 is 0 Å². The SMILES string of the molecule is Cc1cc(C)c2c(C)c(CN)oc2c1C. The van der Waals surface area contributed by atoms with Gasteiger partial charge in [-0.2, -0.15) is 0 Å². The summed E-state index contributed by atoms with van der Waals surface area (Å²) in [7, 11) is 0. The minimum absolute atomic E-state index is 0.471. The first-order valence-corrected chi connectivity index (χ1v) is 5.25. The van der Waals surface area contributed by atoms with E-state index in [4.69, 9.17) is 10.2 Å². The molecule has 0 spiro atoms. The Hall–Kier alpha value is -1.28. The van der Waals surface area contributed by atoms with Gasteiger partial charge in [0.25, 0.3) is 0 Å². The largest absolute Gasteiger partial charge is 0.459 e. The number of nitrogens with two attached hydrogens (primary N) is 1. The number of fused-ring (bicyclic) bond motifs is 1. The number of rotatable bonds is 1. The summed E-state index contributed by atoms with van der Waals surface area (Å²) in [5, 5.41) is 1.23. The fourth-order valence-corrected chi connectivity index (χ4v) is 2.18. The van der Waals surface area contributed by atoms with E-state index in [0.717, 1.165) is 11.3 Å². The van der Waals surface area contributed by atoms with Crippen molar-refractivity contribution in [2.45, 2.75) is 34.2 Å². The zero-order valence-electron chi connectivity index (χ0n) is 9.77. The van der Waals surface area contributed by atoms with Crippen LogP contribution in [-0.4, -0.2) is 0 Å². The third-order valence-corrected chi connectivity index (χ3v) is 3.19. The molecule has 0 amide bonds. The molecule has 2 aromatic rings. The van der Waals surface area contributed by atoms with E-state index >= 15 is 0 Å². The maximum atomic E-state index is 5.82.